The van der Waals surface area contributed by atoms with Crippen LogP contribution in [0.3, 0.4) is 0 Å². The number of nitrogens with one attached hydrogen (secondary N) is 1. The summed E-state index contributed by atoms with van der Waals surface area (Å²) in [7, 11) is 0. The Hall–Kier alpha value is -0.910. The number of hydrogen-bond donors (Lipinski definition) is 3. The maximum absolute atomic E-state index is 9.36. The van der Waals surface area contributed by atoms with Gasteiger partial charge in [-0.25, -0.2) is 0 Å². The number of rotatable bonds is 5. The van der Waals surface area contributed by atoms with Crippen molar-refractivity contribution in [2.45, 2.75) is 32.7 Å². The van der Waals surface area contributed by atoms with Gasteiger partial charge in [0.2, 0.25) is 0 Å². The van der Waals surface area contributed by atoms with E-state index < -0.39 is 5.54 Å². The van der Waals surface area contributed by atoms with Crippen LogP contribution in [-0.4, -0.2) is 39.2 Å². The molecule has 0 bridgehead atoms. The Morgan fingerprint density at radius 3 is 2.24 bits per heavy atom. The van der Waals surface area contributed by atoms with E-state index in [0.717, 1.165) is 11.1 Å². The summed E-state index contributed by atoms with van der Waals surface area (Å²) in [6, 6.07) is 0. The van der Waals surface area contributed by atoms with E-state index in [-0.39, 0.29) is 13.2 Å². The molecule has 0 fully saturated rings. The van der Waals surface area contributed by atoms with E-state index in [0.29, 0.717) is 17.4 Å². The van der Waals surface area contributed by atoms with Gasteiger partial charge < -0.3 is 15.5 Å². The van der Waals surface area contributed by atoms with E-state index in [1.54, 1.807) is 0 Å². The highest BCUT2D eigenvalue weighted by atomic mass is 35.5. The Morgan fingerprint density at radius 1 is 1.18 bits per heavy atom. The first-order chi connectivity index (χ1) is 7.99. The maximum atomic E-state index is 9.36. The monoisotopic (exact) mass is 259 g/mol. The lowest BCUT2D eigenvalue weighted by Crippen LogP contribution is -2.45. The minimum Gasteiger partial charge on any atom is -0.394 e. The van der Waals surface area contributed by atoms with Crippen LogP contribution in [0.25, 0.3) is 0 Å². The van der Waals surface area contributed by atoms with Gasteiger partial charge in [0, 0.05) is 0 Å². The minimum atomic E-state index is -0.778. The molecule has 1 aromatic rings. The van der Waals surface area contributed by atoms with Crippen LogP contribution in [0.1, 0.15) is 24.5 Å². The molecule has 0 saturated carbocycles. The highest BCUT2D eigenvalue weighted by molar-refractivity contribution is 6.30. The van der Waals surface area contributed by atoms with Crippen LogP contribution in [0, 0.1) is 13.8 Å². The maximum Gasteiger partial charge on any atom is 0.155 e. The van der Waals surface area contributed by atoms with Crippen LogP contribution in [0.5, 0.6) is 0 Å². The molecule has 0 aliphatic heterocycles. The van der Waals surface area contributed by atoms with Gasteiger partial charge in [0.15, 0.2) is 11.0 Å². The Labute approximate surface area is 106 Å². The Kier molecular flexibility index (Phi) is 4.68. The average molecular weight is 260 g/mol. The highest BCUT2D eigenvalue weighted by Gasteiger charge is 2.27. The molecular formula is C11H18ClN3O2. The predicted molar refractivity (Wildman–Crippen MR) is 67.3 cm³/mol. The lowest BCUT2D eigenvalue weighted by atomic mass is 9.98. The first-order valence-corrected chi connectivity index (χ1v) is 5.86. The molecule has 6 heteroatoms. The fraction of sp³-hybridized carbons (Fsp3) is 0.636. The molecule has 3 N–H and O–H groups in total. The average Bonchev–Trinajstić information content (AvgIpc) is 2.36. The Bertz CT molecular complexity index is 386. The molecule has 1 heterocycles. The van der Waals surface area contributed by atoms with E-state index in [9.17, 15) is 10.2 Å². The van der Waals surface area contributed by atoms with Crippen LogP contribution >= 0.6 is 11.6 Å². The fourth-order valence-corrected chi connectivity index (χ4v) is 1.57. The number of halogens is 1. The molecule has 0 atom stereocenters. The van der Waals surface area contributed by atoms with Gasteiger partial charge in [0.05, 0.1) is 18.8 Å². The molecule has 1 aromatic heterocycles. The molecule has 5 nitrogen and oxygen atoms in total. The zero-order valence-electron chi connectivity index (χ0n) is 10.3. The Balaban J connectivity index is 3.06. The molecule has 0 aliphatic carbocycles. The van der Waals surface area contributed by atoms with Gasteiger partial charge in [0.1, 0.15) is 0 Å². The smallest absolute Gasteiger partial charge is 0.155 e. The highest BCUT2D eigenvalue weighted by Crippen LogP contribution is 2.24. The van der Waals surface area contributed by atoms with Crippen LogP contribution in [0.15, 0.2) is 0 Å². The van der Waals surface area contributed by atoms with Crippen molar-refractivity contribution in [1.82, 2.24) is 10.2 Å². The van der Waals surface area contributed by atoms with E-state index >= 15 is 0 Å². The summed E-state index contributed by atoms with van der Waals surface area (Å²) in [5.41, 5.74) is 0.925. The second-order valence-corrected chi connectivity index (χ2v) is 4.52. The molecule has 0 saturated heterocycles. The lowest BCUT2D eigenvalue weighted by Gasteiger charge is -2.30. The largest absolute Gasteiger partial charge is 0.394 e. The zero-order valence-corrected chi connectivity index (χ0v) is 11.0. The number of aliphatic hydroxyl groups excluding tert-OH is 2. The van der Waals surface area contributed by atoms with E-state index in [2.05, 4.69) is 15.5 Å². The third-order valence-corrected chi connectivity index (χ3v) is 3.49. The number of aliphatic hydroxyl groups is 2. The van der Waals surface area contributed by atoms with Crippen LogP contribution in [-0.2, 0) is 0 Å². The second-order valence-electron chi connectivity index (χ2n) is 4.16. The fourth-order valence-electron chi connectivity index (χ4n) is 1.39. The van der Waals surface area contributed by atoms with Crippen molar-refractivity contribution in [3.63, 3.8) is 0 Å². The molecule has 0 aliphatic rings. The van der Waals surface area contributed by atoms with Gasteiger partial charge in [-0.05, 0) is 31.4 Å². The summed E-state index contributed by atoms with van der Waals surface area (Å²) < 4.78 is 0. The number of nitrogens with zero attached hydrogens (tertiary/aromatic N) is 2. The number of aromatic nitrogens is 2. The SMILES string of the molecule is CCC(CO)(CO)Nc1nnc(Cl)c(C)c1C. The van der Waals surface area contributed by atoms with E-state index in [4.69, 9.17) is 11.6 Å². The molecule has 96 valence electrons. The Morgan fingerprint density at radius 2 is 1.76 bits per heavy atom. The summed E-state index contributed by atoms with van der Waals surface area (Å²) in [6.45, 7) is 5.24. The molecule has 17 heavy (non-hydrogen) atoms. The molecule has 0 unspecified atom stereocenters. The minimum absolute atomic E-state index is 0.178. The summed E-state index contributed by atoms with van der Waals surface area (Å²) in [5.74, 6) is 0.539. The third-order valence-electron chi connectivity index (χ3n) is 3.13. The normalized spacial score (nSPS) is 11.6. The third kappa shape index (κ3) is 2.86. The van der Waals surface area contributed by atoms with Crippen LogP contribution < -0.4 is 5.32 Å². The first-order valence-electron chi connectivity index (χ1n) is 5.49. The molecule has 1 rings (SSSR count). The van der Waals surface area contributed by atoms with Gasteiger partial charge in [0.25, 0.3) is 0 Å². The summed E-state index contributed by atoms with van der Waals surface area (Å²) in [6.07, 6.45) is 0.572. The first kappa shape index (κ1) is 14.2. The van der Waals surface area contributed by atoms with E-state index in [1.165, 1.54) is 0 Å². The molecule has 0 aromatic carbocycles. The zero-order chi connectivity index (χ0) is 13.1. The van der Waals surface area contributed by atoms with Crippen molar-refractivity contribution in [1.29, 1.82) is 0 Å². The van der Waals surface area contributed by atoms with Crippen molar-refractivity contribution in [3.05, 3.63) is 16.3 Å². The van der Waals surface area contributed by atoms with Gasteiger partial charge in [-0.15, -0.1) is 10.2 Å². The summed E-state index contributed by atoms with van der Waals surface area (Å²) >= 11 is 5.86. The van der Waals surface area contributed by atoms with Crippen molar-refractivity contribution in [2.75, 3.05) is 18.5 Å². The van der Waals surface area contributed by atoms with Gasteiger partial charge in [-0.2, -0.15) is 0 Å². The number of hydrogen-bond acceptors (Lipinski definition) is 5. The van der Waals surface area contributed by atoms with Crippen LogP contribution in [0.4, 0.5) is 5.82 Å². The standard InChI is InChI=1S/C11H18ClN3O2/c1-4-11(5-16,6-17)13-10-8(3)7(2)9(12)14-15-10/h16-17H,4-6H2,1-3H3,(H,13,15). The van der Waals surface area contributed by atoms with E-state index in [1.807, 2.05) is 20.8 Å². The summed E-state index contributed by atoms with van der Waals surface area (Å²) in [4.78, 5) is 0. The van der Waals surface area contributed by atoms with Gasteiger partial charge in [-0.1, -0.05) is 18.5 Å². The van der Waals surface area contributed by atoms with Gasteiger partial charge >= 0.3 is 0 Å². The molecule has 0 spiro atoms. The van der Waals surface area contributed by atoms with Crippen molar-refractivity contribution >= 4 is 17.4 Å². The number of anilines is 1. The molecular weight excluding hydrogens is 242 g/mol. The van der Waals surface area contributed by atoms with Crippen molar-refractivity contribution in [3.8, 4) is 0 Å². The molecule has 0 amide bonds. The molecule has 0 radical (unpaired) electrons. The second kappa shape index (κ2) is 5.62. The summed E-state index contributed by atoms with van der Waals surface area (Å²) in [5, 5.41) is 29.9. The topological polar surface area (TPSA) is 78.3 Å². The van der Waals surface area contributed by atoms with Crippen molar-refractivity contribution in [2.24, 2.45) is 0 Å². The van der Waals surface area contributed by atoms with Crippen molar-refractivity contribution < 1.29 is 10.2 Å². The quantitative estimate of drug-likeness (QED) is 0.743. The van der Waals surface area contributed by atoms with Crippen LogP contribution in [0.2, 0.25) is 5.15 Å². The van der Waals surface area contributed by atoms with Gasteiger partial charge in [-0.3, -0.25) is 0 Å². The predicted octanol–water partition coefficient (Wildman–Crippen LogP) is 1.29. The lowest BCUT2D eigenvalue weighted by molar-refractivity contribution is 0.132.